The van der Waals surface area contributed by atoms with E-state index in [0.717, 1.165) is 11.8 Å². The van der Waals surface area contributed by atoms with Gasteiger partial charge in [0.15, 0.2) is 5.12 Å². The summed E-state index contributed by atoms with van der Waals surface area (Å²) in [7, 11) is 0. The summed E-state index contributed by atoms with van der Waals surface area (Å²) in [6.07, 6.45) is -0.480. The molecule has 0 bridgehead atoms. The maximum Gasteiger partial charge on any atom is 0.186 e. The highest BCUT2D eigenvalue weighted by Crippen LogP contribution is 2.23. The van der Waals surface area contributed by atoms with Crippen molar-refractivity contribution in [2.75, 3.05) is 0 Å². The van der Waals surface area contributed by atoms with Crippen LogP contribution in [0.3, 0.4) is 0 Å². The van der Waals surface area contributed by atoms with E-state index in [9.17, 15) is 15.0 Å². The summed E-state index contributed by atoms with van der Waals surface area (Å²) < 4.78 is 0. The van der Waals surface area contributed by atoms with Gasteiger partial charge in [0.2, 0.25) is 0 Å². The Morgan fingerprint density at radius 3 is 1.94 bits per heavy atom. The second-order valence-electron chi connectivity index (χ2n) is 4.29. The molecule has 0 amide bonds. The summed E-state index contributed by atoms with van der Waals surface area (Å²) in [6.45, 7) is 4.75. The molecule has 0 saturated heterocycles. The zero-order valence-electron chi connectivity index (χ0n) is 10.1. The fourth-order valence-electron chi connectivity index (χ4n) is 1.60. The van der Waals surface area contributed by atoms with Crippen LogP contribution < -0.4 is 0 Å². The minimum atomic E-state index is -0.629. The number of aliphatic hydroxyl groups is 3. The molecule has 0 aromatic heterocycles. The van der Waals surface area contributed by atoms with E-state index in [1.165, 1.54) is 6.92 Å². The Morgan fingerprint density at radius 1 is 1.06 bits per heavy atom. The predicted molar refractivity (Wildman–Crippen MR) is 65.3 cm³/mol. The average Bonchev–Trinajstić information content (AvgIpc) is 1.97. The molecular formula is C11H22O4S. The lowest BCUT2D eigenvalue weighted by molar-refractivity contribution is -0.109. The van der Waals surface area contributed by atoms with Gasteiger partial charge < -0.3 is 15.3 Å². The zero-order chi connectivity index (χ0) is 12.7. The number of aliphatic hydroxyl groups excluding tert-OH is 3. The smallest absolute Gasteiger partial charge is 0.186 e. The predicted octanol–water partition coefficient (Wildman–Crippen LogP) is 0.927. The monoisotopic (exact) mass is 250 g/mol. The van der Waals surface area contributed by atoms with Crippen molar-refractivity contribution in [3.05, 3.63) is 0 Å². The summed E-state index contributed by atoms with van der Waals surface area (Å²) in [6, 6.07) is 0. The minimum Gasteiger partial charge on any atom is -0.393 e. The Hall–Kier alpha value is -0.100. The standard InChI is InChI=1S/C11H22O4S/c1-7(12)4-10(15)6-11(5-8(2)13)16-9(3)14/h7-8,10-13,15H,4-6H2,1-3H3. The molecular weight excluding hydrogens is 228 g/mol. The quantitative estimate of drug-likeness (QED) is 0.626. The Bertz CT molecular complexity index is 206. The van der Waals surface area contributed by atoms with Gasteiger partial charge in [0.05, 0.1) is 18.3 Å². The molecule has 4 nitrogen and oxygen atoms in total. The Morgan fingerprint density at radius 2 is 1.56 bits per heavy atom. The number of thioether (sulfide) groups is 1. The van der Waals surface area contributed by atoms with Gasteiger partial charge in [0, 0.05) is 12.2 Å². The number of carbonyl (C=O) groups excluding carboxylic acids is 1. The molecule has 3 N–H and O–H groups in total. The molecule has 0 fully saturated rings. The van der Waals surface area contributed by atoms with Gasteiger partial charge in [-0.1, -0.05) is 11.8 Å². The maximum atomic E-state index is 11.0. The van der Waals surface area contributed by atoms with E-state index in [-0.39, 0.29) is 10.4 Å². The molecule has 0 radical (unpaired) electrons. The van der Waals surface area contributed by atoms with Gasteiger partial charge in [-0.25, -0.2) is 0 Å². The van der Waals surface area contributed by atoms with Crippen LogP contribution in [0.2, 0.25) is 0 Å². The first-order valence-electron chi connectivity index (χ1n) is 5.52. The van der Waals surface area contributed by atoms with Gasteiger partial charge in [-0.2, -0.15) is 0 Å². The number of hydrogen-bond donors (Lipinski definition) is 3. The van der Waals surface area contributed by atoms with Crippen LogP contribution in [0.15, 0.2) is 0 Å². The van der Waals surface area contributed by atoms with Crippen molar-refractivity contribution >= 4 is 16.9 Å². The number of carbonyl (C=O) groups is 1. The lowest BCUT2D eigenvalue weighted by Crippen LogP contribution is -2.23. The molecule has 4 unspecified atom stereocenters. The largest absolute Gasteiger partial charge is 0.393 e. The van der Waals surface area contributed by atoms with Gasteiger partial charge in [0.1, 0.15) is 0 Å². The topological polar surface area (TPSA) is 77.8 Å². The third kappa shape index (κ3) is 9.15. The zero-order valence-corrected chi connectivity index (χ0v) is 10.9. The molecule has 0 spiro atoms. The van der Waals surface area contributed by atoms with Crippen LogP contribution in [-0.2, 0) is 4.79 Å². The fourth-order valence-corrected chi connectivity index (χ4v) is 2.76. The van der Waals surface area contributed by atoms with Crippen LogP contribution in [-0.4, -0.2) is 44.0 Å². The van der Waals surface area contributed by atoms with E-state index in [0.29, 0.717) is 19.3 Å². The number of rotatable bonds is 7. The summed E-state index contributed by atoms with van der Waals surface area (Å²) in [4.78, 5) is 11.0. The SMILES string of the molecule is CC(=O)SC(CC(C)O)CC(O)CC(C)O. The molecule has 0 aliphatic carbocycles. The van der Waals surface area contributed by atoms with E-state index in [4.69, 9.17) is 5.11 Å². The van der Waals surface area contributed by atoms with E-state index in [1.807, 2.05) is 0 Å². The van der Waals surface area contributed by atoms with Crippen LogP contribution in [0.25, 0.3) is 0 Å². The van der Waals surface area contributed by atoms with Crippen LogP contribution in [0.1, 0.15) is 40.0 Å². The highest BCUT2D eigenvalue weighted by molar-refractivity contribution is 8.14. The summed E-state index contributed by atoms with van der Waals surface area (Å²) in [5.74, 6) is 0. The lowest BCUT2D eigenvalue weighted by Gasteiger charge is -2.20. The second-order valence-corrected chi connectivity index (χ2v) is 5.77. The van der Waals surface area contributed by atoms with Gasteiger partial charge >= 0.3 is 0 Å². The number of hydrogen-bond acceptors (Lipinski definition) is 5. The van der Waals surface area contributed by atoms with Gasteiger partial charge in [0.25, 0.3) is 0 Å². The molecule has 0 aromatic carbocycles. The van der Waals surface area contributed by atoms with Crippen molar-refractivity contribution in [3.8, 4) is 0 Å². The molecule has 0 rings (SSSR count). The molecule has 0 heterocycles. The van der Waals surface area contributed by atoms with Crippen LogP contribution in [0, 0.1) is 0 Å². The Balaban J connectivity index is 4.13. The molecule has 0 saturated carbocycles. The third-order valence-electron chi connectivity index (χ3n) is 2.08. The molecule has 4 atom stereocenters. The van der Waals surface area contributed by atoms with Gasteiger partial charge in [-0.05, 0) is 33.1 Å². The average molecular weight is 250 g/mol. The summed E-state index contributed by atoms with van der Waals surface area (Å²) in [5.41, 5.74) is 0. The Labute approximate surface area is 101 Å². The van der Waals surface area contributed by atoms with Crippen molar-refractivity contribution in [3.63, 3.8) is 0 Å². The van der Waals surface area contributed by atoms with Gasteiger partial charge in [-0.3, -0.25) is 4.79 Å². The van der Waals surface area contributed by atoms with E-state index < -0.39 is 18.3 Å². The van der Waals surface area contributed by atoms with Crippen molar-refractivity contribution in [1.82, 2.24) is 0 Å². The van der Waals surface area contributed by atoms with E-state index in [2.05, 4.69) is 0 Å². The molecule has 0 aliphatic rings. The van der Waals surface area contributed by atoms with E-state index >= 15 is 0 Å². The van der Waals surface area contributed by atoms with E-state index in [1.54, 1.807) is 13.8 Å². The fraction of sp³-hybridized carbons (Fsp3) is 0.909. The first-order chi connectivity index (χ1) is 7.31. The second kappa shape index (κ2) is 8.06. The van der Waals surface area contributed by atoms with Crippen LogP contribution in [0.5, 0.6) is 0 Å². The molecule has 16 heavy (non-hydrogen) atoms. The van der Waals surface area contributed by atoms with Crippen LogP contribution in [0.4, 0.5) is 0 Å². The third-order valence-corrected chi connectivity index (χ3v) is 3.13. The highest BCUT2D eigenvalue weighted by Gasteiger charge is 2.19. The molecule has 0 aromatic rings. The maximum absolute atomic E-state index is 11.0. The summed E-state index contributed by atoms with van der Waals surface area (Å²) >= 11 is 1.14. The van der Waals surface area contributed by atoms with Crippen molar-refractivity contribution in [2.24, 2.45) is 0 Å². The van der Waals surface area contributed by atoms with Crippen molar-refractivity contribution in [2.45, 2.75) is 63.6 Å². The molecule has 96 valence electrons. The van der Waals surface area contributed by atoms with Crippen molar-refractivity contribution < 1.29 is 20.1 Å². The normalized spacial score (nSPS) is 18.9. The van der Waals surface area contributed by atoms with Crippen molar-refractivity contribution in [1.29, 1.82) is 0 Å². The molecule has 0 aliphatic heterocycles. The first kappa shape index (κ1) is 15.9. The lowest BCUT2D eigenvalue weighted by atomic mass is 10.0. The molecule has 5 heteroatoms. The highest BCUT2D eigenvalue weighted by atomic mass is 32.2. The minimum absolute atomic E-state index is 0.0186. The Kier molecular flexibility index (Phi) is 8.01. The summed E-state index contributed by atoms with van der Waals surface area (Å²) in [5, 5.41) is 27.9. The van der Waals surface area contributed by atoms with Gasteiger partial charge in [-0.15, -0.1) is 0 Å². The van der Waals surface area contributed by atoms with Crippen LogP contribution >= 0.6 is 11.8 Å². The first-order valence-corrected chi connectivity index (χ1v) is 6.40.